The van der Waals surface area contributed by atoms with Gasteiger partial charge in [-0.1, -0.05) is 12.1 Å². The van der Waals surface area contributed by atoms with Crippen LogP contribution in [0.4, 0.5) is 0 Å². The van der Waals surface area contributed by atoms with Crippen LogP contribution in [0.3, 0.4) is 0 Å². The summed E-state index contributed by atoms with van der Waals surface area (Å²) in [6.45, 7) is 7.35. The number of ether oxygens (including phenoxy) is 3. The molecule has 4 heteroatoms. The first-order valence-corrected chi connectivity index (χ1v) is 7.13. The Labute approximate surface area is 122 Å². The van der Waals surface area contributed by atoms with Gasteiger partial charge in [0.25, 0.3) is 0 Å². The lowest BCUT2D eigenvalue weighted by molar-refractivity contribution is -0.0179. The van der Waals surface area contributed by atoms with E-state index in [2.05, 4.69) is 24.4 Å². The molecule has 0 radical (unpaired) electrons. The molecular weight excluding hydrogens is 254 g/mol. The summed E-state index contributed by atoms with van der Waals surface area (Å²) in [5.74, 6) is 0.863. The average molecular weight is 281 g/mol. The second-order valence-electron chi connectivity index (χ2n) is 5.03. The van der Waals surface area contributed by atoms with Crippen molar-refractivity contribution in [2.24, 2.45) is 0 Å². The molecule has 0 aliphatic rings. The molecular formula is C16H27NO3. The SMILES string of the molecule is CNC(c1ccc(OC)cc1)C(C)OCCOC(C)C. The molecule has 1 N–H and O–H groups in total. The molecule has 0 spiro atoms. The Hall–Kier alpha value is -1.10. The van der Waals surface area contributed by atoms with E-state index in [0.29, 0.717) is 13.2 Å². The summed E-state index contributed by atoms with van der Waals surface area (Å²) in [6.07, 6.45) is 0.319. The number of rotatable bonds is 9. The molecule has 20 heavy (non-hydrogen) atoms. The predicted octanol–water partition coefficient (Wildman–Crippen LogP) is 2.79. The zero-order valence-electron chi connectivity index (χ0n) is 13.2. The molecule has 0 saturated carbocycles. The zero-order chi connectivity index (χ0) is 15.0. The van der Waals surface area contributed by atoms with Gasteiger partial charge in [0.05, 0.1) is 38.6 Å². The second-order valence-corrected chi connectivity index (χ2v) is 5.03. The topological polar surface area (TPSA) is 39.7 Å². The van der Waals surface area contributed by atoms with Crippen LogP contribution in [-0.4, -0.2) is 39.6 Å². The van der Waals surface area contributed by atoms with Crippen molar-refractivity contribution in [1.29, 1.82) is 0 Å². The fourth-order valence-corrected chi connectivity index (χ4v) is 2.10. The van der Waals surface area contributed by atoms with Crippen LogP contribution in [0.25, 0.3) is 0 Å². The number of benzene rings is 1. The minimum absolute atomic E-state index is 0.0733. The summed E-state index contributed by atoms with van der Waals surface area (Å²) in [5, 5.41) is 3.30. The first-order chi connectivity index (χ1) is 9.58. The van der Waals surface area contributed by atoms with Crippen LogP contribution in [0.15, 0.2) is 24.3 Å². The highest BCUT2D eigenvalue weighted by atomic mass is 16.5. The van der Waals surface area contributed by atoms with Gasteiger partial charge in [-0.3, -0.25) is 0 Å². The molecule has 1 aromatic rings. The minimum atomic E-state index is 0.0733. The van der Waals surface area contributed by atoms with E-state index >= 15 is 0 Å². The van der Waals surface area contributed by atoms with Gasteiger partial charge in [-0.25, -0.2) is 0 Å². The highest BCUT2D eigenvalue weighted by molar-refractivity contribution is 5.29. The van der Waals surface area contributed by atoms with Gasteiger partial charge in [-0.15, -0.1) is 0 Å². The summed E-state index contributed by atoms with van der Waals surface area (Å²) in [5.41, 5.74) is 1.19. The van der Waals surface area contributed by atoms with Crippen LogP contribution < -0.4 is 10.1 Å². The molecule has 114 valence electrons. The lowest BCUT2D eigenvalue weighted by Crippen LogP contribution is -2.30. The molecule has 0 aliphatic carbocycles. The predicted molar refractivity (Wildman–Crippen MR) is 81.3 cm³/mol. The lowest BCUT2D eigenvalue weighted by Gasteiger charge is -2.24. The maximum Gasteiger partial charge on any atom is 0.118 e. The van der Waals surface area contributed by atoms with E-state index in [1.54, 1.807) is 7.11 Å². The van der Waals surface area contributed by atoms with Crippen molar-refractivity contribution in [1.82, 2.24) is 5.32 Å². The number of hydrogen-bond donors (Lipinski definition) is 1. The Morgan fingerprint density at radius 3 is 2.10 bits per heavy atom. The average Bonchev–Trinajstić information content (AvgIpc) is 2.45. The van der Waals surface area contributed by atoms with Crippen molar-refractivity contribution >= 4 is 0 Å². The van der Waals surface area contributed by atoms with Crippen molar-refractivity contribution in [2.45, 2.75) is 39.0 Å². The summed E-state index contributed by atoms with van der Waals surface area (Å²) in [6, 6.07) is 8.21. The third kappa shape index (κ3) is 5.49. The van der Waals surface area contributed by atoms with Gasteiger partial charge < -0.3 is 19.5 Å². The van der Waals surface area contributed by atoms with Crippen LogP contribution in [-0.2, 0) is 9.47 Å². The molecule has 0 fully saturated rings. The van der Waals surface area contributed by atoms with E-state index in [1.165, 1.54) is 5.56 Å². The summed E-state index contributed by atoms with van der Waals surface area (Å²) < 4.78 is 16.5. The maximum atomic E-state index is 5.84. The van der Waals surface area contributed by atoms with Crippen LogP contribution in [0.1, 0.15) is 32.4 Å². The molecule has 0 heterocycles. The van der Waals surface area contributed by atoms with E-state index in [0.717, 1.165) is 5.75 Å². The van der Waals surface area contributed by atoms with Crippen molar-refractivity contribution in [3.05, 3.63) is 29.8 Å². The molecule has 4 nitrogen and oxygen atoms in total. The van der Waals surface area contributed by atoms with E-state index < -0.39 is 0 Å². The van der Waals surface area contributed by atoms with Gasteiger partial charge >= 0.3 is 0 Å². The third-order valence-electron chi connectivity index (χ3n) is 3.17. The fraction of sp³-hybridized carbons (Fsp3) is 0.625. The molecule has 0 aliphatic heterocycles. The highest BCUT2D eigenvalue weighted by Gasteiger charge is 2.18. The minimum Gasteiger partial charge on any atom is -0.497 e. The Morgan fingerprint density at radius 1 is 1.00 bits per heavy atom. The normalized spacial score (nSPS) is 14.3. The Bertz CT molecular complexity index is 364. The van der Waals surface area contributed by atoms with E-state index in [1.807, 2.05) is 33.0 Å². The number of nitrogens with one attached hydrogen (secondary N) is 1. The van der Waals surface area contributed by atoms with Gasteiger partial charge in [-0.2, -0.15) is 0 Å². The first-order valence-electron chi connectivity index (χ1n) is 7.13. The molecule has 2 atom stereocenters. The summed E-state index contributed by atoms with van der Waals surface area (Å²) >= 11 is 0. The number of likely N-dealkylation sites (N-methyl/N-ethyl adjacent to an activating group) is 1. The first kappa shape index (κ1) is 17.0. The largest absolute Gasteiger partial charge is 0.497 e. The van der Waals surface area contributed by atoms with Crippen LogP contribution in [0.5, 0.6) is 5.75 Å². The maximum absolute atomic E-state index is 5.84. The molecule has 0 aromatic heterocycles. The molecule has 1 rings (SSSR count). The number of hydrogen-bond acceptors (Lipinski definition) is 4. The molecule has 0 saturated heterocycles. The lowest BCUT2D eigenvalue weighted by atomic mass is 10.0. The van der Waals surface area contributed by atoms with Crippen LogP contribution in [0.2, 0.25) is 0 Å². The second kappa shape index (κ2) is 8.95. The Balaban J connectivity index is 2.50. The standard InChI is InChI=1S/C16H27NO3/c1-12(2)19-10-11-20-13(3)16(17-4)14-6-8-15(18-5)9-7-14/h6-9,12-13,16-17H,10-11H2,1-5H3. The van der Waals surface area contributed by atoms with E-state index in [9.17, 15) is 0 Å². The monoisotopic (exact) mass is 281 g/mol. The van der Waals surface area contributed by atoms with Gasteiger partial charge in [-0.05, 0) is 45.5 Å². The van der Waals surface area contributed by atoms with Gasteiger partial charge in [0.1, 0.15) is 5.75 Å². The van der Waals surface area contributed by atoms with Crippen molar-refractivity contribution in [2.75, 3.05) is 27.4 Å². The van der Waals surface area contributed by atoms with Gasteiger partial charge in [0.15, 0.2) is 0 Å². The van der Waals surface area contributed by atoms with Gasteiger partial charge in [0, 0.05) is 0 Å². The molecule has 0 bridgehead atoms. The summed E-state index contributed by atoms with van der Waals surface area (Å²) in [4.78, 5) is 0. The Kier molecular flexibility index (Phi) is 7.59. The van der Waals surface area contributed by atoms with E-state index in [-0.39, 0.29) is 18.2 Å². The molecule has 2 unspecified atom stereocenters. The smallest absolute Gasteiger partial charge is 0.118 e. The highest BCUT2D eigenvalue weighted by Crippen LogP contribution is 2.21. The molecule has 1 aromatic carbocycles. The van der Waals surface area contributed by atoms with Crippen molar-refractivity contribution < 1.29 is 14.2 Å². The fourth-order valence-electron chi connectivity index (χ4n) is 2.10. The van der Waals surface area contributed by atoms with E-state index in [4.69, 9.17) is 14.2 Å². The van der Waals surface area contributed by atoms with Crippen molar-refractivity contribution in [3.63, 3.8) is 0 Å². The van der Waals surface area contributed by atoms with Crippen LogP contribution >= 0.6 is 0 Å². The zero-order valence-corrected chi connectivity index (χ0v) is 13.2. The Morgan fingerprint density at radius 2 is 1.60 bits per heavy atom. The summed E-state index contributed by atoms with van der Waals surface area (Å²) in [7, 11) is 3.62. The number of methoxy groups -OCH3 is 1. The van der Waals surface area contributed by atoms with Crippen LogP contribution in [0, 0.1) is 0 Å². The van der Waals surface area contributed by atoms with Gasteiger partial charge in [0.2, 0.25) is 0 Å². The quantitative estimate of drug-likeness (QED) is 0.707. The van der Waals surface area contributed by atoms with Crippen molar-refractivity contribution in [3.8, 4) is 5.75 Å². The molecule has 0 amide bonds. The third-order valence-corrected chi connectivity index (χ3v) is 3.17.